The Morgan fingerprint density at radius 2 is 1.91 bits per heavy atom. The van der Waals surface area contributed by atoms with Crippen molar-refractivity contribution in [3.8, 4) is 5.75 Å². The minimum atomic E-state index is -0.0609. The van der Waals surface area contributed by atoms with E-state index in [0.29, 0.717) is 24.5 Å². The van der Waals surface area contributed by atoms with E-state index < -0.39 is 0 Å². The van der Waals surface area contributed by atoms with Crippen LogP contribution in [0.1, 0.15) is 33.0 Å². The maximum Gasteiger partial charge on any atom is 0.251 e. The number of carbonyl (C=O) groups excluding carboxylic acids is 1. The van der Waals surface area contributed by atoms with Gasteiger partial charge in [0.2, 0.25) is 0 Å². The summed E-state index contributed by atoms with van der Waals surface area (Å²) in [5.41, 5.74) is 4.15. The standard InChI is InChI=1S/C26H32N4O2S/c1-20-6-3-8-24(16-20)30-14-12-29(13-15-30)11-5-10-27-26(31)22-7-4-9-25(17-22)32-18-23-19-33-21(2)28-23/h3-4,6-9,16-17,19H,5,10-15,18H2,1-2H3,(H,27,31). The summed E-state index contributed by atoms with van der Waals surface area (Å²) in [6.07, 6.45) is 0.940. The van der Waals surface area contributed by atoms with Crippen molar-refractivity contribution in [1.29, 1.82) is 0 Å². The monoisotopic (exact) mass is 464 g/mol. The highest BCUT2D eigenvalue weighted by atomic mass is 32.1. The van der Waals surface area contributed by atoms with Gasteiger partial charge in [0.15, 0.2) is 0 Å². The molecular formula is C26H32N4O2S. The number of ether oxygens (including phenoxy) is 1. The van der Waals surface area contributed by atoms with Gasteiger partial charge in [-0.05, 0) is 62.7 Å². The number of nitrogens with one attached hydrogen (secondary N) is 1. The fraction of sp³-hybridized carbons (Fsp3) is 0.385. The normalized spacial score (nSPS) is 14.3. The third-order valence-corrected chi connectivity index (χ3v) is 6.65. The molecule has 1 aromatic heterocycles. The number of amides is 1. The highest BCUT2D eigenvalue weighted by Crippen LogP contribution is 2.18. The summed E-state index contributed by atoms with van der Waals surface area (Å²) >= 11 is 1.61. The van der Waals surface area contributed by atoms with E-state index in [2.05, 4.69) is 51.3 Å². The average Bonchev–Trinajstić information content (AvgIpc) is 3.26. The maximum atomic E-state index is 12.6. The van der Waals surface area contributed by atoms with Crippen LogP contribution >= 0.6 is 11.3 Å². The first-order valence-corrected chi connectivity index (χ1v) is 12.4. The van der Waals surface area contributed by atoms with Crippen LogP contribution in [0.3, 0.4) is 0 Å². The number of hydrogen-bond acceptors (Lipinski definition) is 6. The van der Waals surface area contributed by atoms with Crippen molar-refractivity contribution >= 4 is 22.9 Å². The highest BCUT2D eigenvalue weighted by molar-refractivity contribution is 7.09. The lowest BCUT2D eigenvalue weighted by Gasteiger charge is -2.36. The molecule has 1 N–H and O–H groups in total. The Labute approximate surface area is 200 Å². The number of rotatable bonds is 9. The number of thiazole rings is 1. The molecule has 2 aromatic carbocycles. The second-order valence-electron chi connectivity index (χ2n) is 8.45. The Bertz CT molecular complexity index is 1060. The van der Waals surface area contributed by atoms with E-state index in [1.165, 1.54) is 11.3 Å². The molecule has 0 aliphatic carbocycles. The third-order valence-electron chi connectivity index (χ3n) is 5.83. The van der Waals surface area contributed by atoms with Crippen molar-refractivity contribution in [1.82, 2.24) is 15.2 Å². The van der Waals surface area contributed by atoms with Gasteiger partial charge in [0.05, 0.1) is 10.7 Å². The number of nitrogens with zero attached hydrogens (tertiary/aromatic N) is 3. The molecule has 0 unspecified atom stereocenters. The van der Waals surface area contributed by atoms with E-state index in [9.17, 15) is 4.79 Å². The number of piperazine rings is 1. The van der Waals surface area contributed by atoms with Crippen molar-refractivity contribution in [2.24, 2.45) is 0 Å². The topological polar surface area (TPSA) is 57.7 Å². The molecule has 1 aliphatic rings. The zero-order chi connectivity index (χ0) is 23.0. The lowest BCUT2D eigenvalue weighted by atomic mass is 10.2. The first-order valence-electron chi connectivity index (χ1n) is 11.5. The summed E-state index contributed by atoms with van der Waals surface area (Å²) in [4.78, 5) is 21.9. The molecule has 174 valence electrons. The molecule has 1 aliphatic heterocycles. The minimum Gasteiger partial charge on any atom is -0.487 e. The summed E-state index contributed by atoms with van der Waals surface area (Å²) in [6, 6.07) is 16.0. The molecule has 3 aromatic rings. The smallest absolute Gasteiger partial charge is 0.251 e. The molecule has 1 fully saturated rings. The molecule has 0 spiro atoms. The quantitative estimate of drug-likeness (QED) is 0.479. The predicted molar refractivity (Wildman–Crippen MR) is 134 cm³/mol. The first-order chi connectivity index (χ1) is 16.1. The molecule has 0 radical (unpaired) electrons. The lowest BCUT2D eigenvalue weighted by molar-refractivity contribution is 0.0951. The van der Waals surface area contributed by atoms with Gasteiger partial charge < -0.3 is 15.0 Å². The van der Waals surface area contributed by atoms with Crippen LogP contribution in [0, 0.1) is 13.8 Å². The van der Waals surface area contributed by atoms with Crippen molar-refractivity contribution in [3.05, 3.63) is 75.7 Å². The van der Waals surface area contributed by atoms with Crippen molar-refractivity contribution < 1.29 is 9.53 Å². The highest BCUT2D eigenvalue weighted by Gasteiger charge is 2.17. The summed E-state index contributed by atoms with van der Waals surface area (Å²) in [5.74, 6) is 0.619. The molecule has 0 bridgehead atoms. The Morgan fingerprint density at radius 1 is 1.09 bits per heavy atom. The van der Waals surface area contributed by atoms with Gasteiger partial charge >= 0.3 is 0 Å². The second-order valence-corrected chi connectivity index (χ2v) is 9.51. The first kappa shape index (κ1) is 23.3. The van der Waals surface area contributed by atoms with Gasteiger partial charge in [0, 0.05) is 49.4 Å². The maximum absolute atomic E-state index is 12.6. The number of carbonyl (C=O) groups is 1. The van der Waals surface area contributed by atoms with Crippen LogP contribution in [0.2, 0.25) is 0 Å². The van der Waals surface area contributed by atoms with E-state index in [0.717, 1.165) is 49.8 Å². The average molecular weight is 465 g/mol. The van der Waals surface area contributed by atoms with E-state index in [1.54, 1.807) is 17.4 Å². The Hall–Kier alpha value is -2.90. The van der Waals surface area contributed by atoms with Crippen molar-refractivity contribution in [3.63, 3.8) is 0 Å². The van der Waals surface area contributed by atoms with Gasteiger partial charge in [-0.15, -0.1) is 11.3 Å². The van der Waals surface area contributed by atoms with E-state index in [4.69, 9.17) is 4.74 Å². The molecule has 4 rings (SSSR count). The summed E-state index contributed by atoms with van der Waals surface area (Å²) < 4.78 is 5.80. The fourth-order valence-electron chi connectivity index (χ4n) is 4.02. The summed E-state index contributed by atoms with van der Waals surface area (Å²) in [5, 5.41) is 6.06. The van der Waals surface area contributed by atoms with Gasteiger partial charge in [0.1, 0.15) is 12.4 Å². The molecule has 33 heavy (non-hydrogen) atoms. The zero-order valence-corrected chi connectivity index (χ0v) is 20.2. The van der Waals surface area contributed by atoms with Gasteiger partial charge in [-0.25, -0.2) is 4.98 Å². The SMILES string of the molecule is Cc1cccc(N2CCN(CCCNC(=O)c3cccc(OCc4csc(C)n4)c3)CC2)c1. The van der Waals surface area contributed by atoms with Crippen LogP contribution in [-0.4, -0.2) is 55.1 Å². The van der Waals surface area contributed by atoms with Crippen LogP contribution in [-0.2, 0) is 6.61 Å². The summed E-state index contributed by atoms with van der Waals surface area (Å²) in [6.45, 7) is 10.4. The van der Waals surface area contributed by atoms with Gasteiger partial charge in [0.25, 0.3) is 5.91 Å². The van der Waals surface area contributed by atoms with E-state index in [1.807, 2.05) is 30.5 Å². The van der Waals surface area contributed by atoms with E-state index in [-0.39, 0.29) is 5.91 Å². The fourth-order valence-corrected chi connectivity index (χ4v) is 4.62. The van der Waals surface area contributed by atoms with Gasteiger partial charge in [-0.3, -0.25) is 9.69 Å². The largest absolute Gasteiger partial charge is 0.487 e. The zero-order valence-electron chi connectivity index (χ0n) is 19.4. The van der Waals surface area contributed by atoms with Crippen LogP contribution in [0.15, 0.2) is 53.9 Å². The van der Waals surface area contributed by atoms with Crippen LogP contribution in [0.25, 0.3) is 0 Å². The number of aromatic nitrogens is 1. The molecule has 1 amide bonds. The Morgan fingerprint density at radius 3 is 2.67 bits per heavy atom. The van der Waals surface area contributed by atoms with Crippen molar-refractivity contribution in [2.75, 3.05) is 44.2 Å². The second kappa shape index (κ2) is 11.3. The van der Waals surface area contributed by atoms with E-state index >= 15 is 0 Å². The number of hydrogen-bond donors (Lipinski definition) is 1. The summed E-state index contributed by atoms with van der Waals surface area (Å²) in [7, 11) is 0. The Kier molecular flexibility index (Phi) is 7.96. The van der Waals surface area contributed by atoms with Crippen molar-refractivity contribution in [2.45, 2.75) is 26.9 Å². The minimum absolute atomic E-state index is 0.0609. The molecule has 6 nitrogen and oxygen atoms in total. The van der Waals surface area contributed by atoms with Crippen LogP contribution < -0.4 is 15.0 Å². The molecule has 0 atom stereocenters. The van der Waals surface area contributed by atoms with Gasteiger partial charge in [-0.1, -0.05) is 18.2 Å². The molecular weight excluding hydrogens is 432 g/mol. The van der Waals surface area contributed by atoms with Gasteiger partial charge in [-0.2, -0.15) is 0 Å². The number of benzene rings is 2. The van der Waals surface area contributed by atoms with Crippen LogP contribution in [0.5, 0.6) is 5.75 Å². The Balaban J connectivity index is 1.16. The van der Waals surface area contributed by atoms with Crippen LogP contribution in [0.4, 0.5) is 5.69 Å². The molecule has 1 saturated heterocycles. The predicted octanol–water partition coefficient (Wildman–Crippen LogP) is 4.28. The number of aryl methyl sites for hydroxylation is 2. The third kappa shape index (κ3) is 6.79. The molecule has 7 heteroatoms. The molecule has 2 heterocycles. The lowest BCUT2D eigenvalue weighted by Crippen LogP contribution is -2.47. The molecule has 0 saturated carbocycles. The number of anilines is 1.